The maximum absolute atomic E-state index is 8.93. The van der Waals surface area contributed by atoms with Gasteiger partial charge in [-0.05, 0) is 42.5 Å². The van der Waals surface area contributed by atoms with Gasteiger partial charge in [0.25, 0.3) is 0 Å². The number of aliphatic hydroxyl groups is 1. The molecule has 0 radical (unpaired) electrons. The summed E-state index contributed by atoms with van der Waals surface area (Å²) in [6, 6.07) is 6.73. The smallest absolute Gasteiger partial charge is 0.0483 e. The first-order chi connectivity index (χ1) is 8.30. The van der Waals surface area contributed by atoms with E-state index >= 15 is 0 Å². The van der Waals surface area contributed by atoms with Crippen LogP contribution in [0.15, 0.2) is 24.4 Å². The third-order valence-electron chi connectivity index (χ3n) is 3.37. The van der Waals surface area contributed by atoms with E-state index < -0.39 is 0 Å². The van der Waals surface area contributed by atoms with Gasteiger partial charge in [-0.2, -0.15) is 0 Å². The van der Waals surface area contributed by atoms with Crippen LogP contribution in [0, 0.1) is 0 Å². The molecular weight excluding hydrogens is 210 g/mol. The predicted molar refractivity (Wildman–Crippen MR) is 72.4 cm³/mol. The largest absolute Gasteiger partial charge is 0.396 e. The maximum atomic E-state index is 8.93. The van der Waals surface area contributed by atoms with Crippen molar-refractivity contribution in [3.63, 3.8) is 0 Å². The number of aliphatic hydroxyl groups excluding tert-OH is 1. The van der Waals surface area contributed by atoms with Gasteiger partial charge in [0.15, 0.2) is 0 Å². The standard InChI is InChI=1S/C15H21NO/c1-3-12-6-7-15-14(10-12)13(4-2)11-16(15)8-5-9-17/h6-7,10-11,17H,3-5,8-9H2,1-2H3. The highest BCUT2D eigenvalue weighted by Crippen LogP contribution is 2.24. The van der Waals surface area contributed by atoms with Crippen molar-refractivity contribution in [2.75, 3.05) is 6.61 Å². The van der Waals surface area contributed by atoms with Crippen molar-refractivity contribution in [3.8, 4) is 0 Å². The van der Waals surface area contributed by atoms with Crippen LogP contribution in [-0.4, -0.2) is 16.3 Å². The third-order valence-corrected chi connectivity index (χ3v) is 3.37. The summed E-state index contributed by atoms with van der Waals surface area (Å²) in [5.74, 6) is 0. The lowest BCUT2D eigenvalue weighted by Crippen LogP contribution is -1.98. The Kier molecular flexibility index (Phi) is 3.85. The monoisotopic (exact) mass is 231 g/mol. The summed E-state index contributed by atoms with van der Waals surface area (Å²) in [5, 5.41) is 10.3. The summed E-state index contributed by atoms with van der Waals surface area (Å²) in [6.45, 7) is 5.55. The molecule has 17 heavy (non-hydrogen) atoms. The van der Waals surface area contributed by atoms with Crippen molar-refractivity contribution < 1.29 is 5.11 Å². The molecule has 0 aliphatic heterocycles. The summed E-state index contributed by atoms with van der Waals surface area (Å²) in [5.41, 5.74) is 4.10. The Morgan fingerprint density at radius 2 is 2.00 bits per heavy atom. The van der Waals surface area contributed by atoms with Gasteiger partial charge in [-0.3, -0.25) is 0 Å². The van der Waals surface area contributed by atoms with Gasteiger partial charge in [-0.1, -0.05) is 19.9 Å². The Labute approximate surface area is 103 Å². The van der Waals surface area contributed by atoms with Crippen LogP contribution >= 0.6 is 0 Å². The summed E-state index contributed by atoms with van der Waals surface area (Å²) in [4.78, 5) is 0. The Bertz CT molecular complexity index is 499. The SMILES string of the molecule is CCc1ccc2c(c1)c(CC)cn2CCCO. The Balaban J connectivity index is 2.48. The Morgan fingerprint density at radius 1 is 1.18 bits per heavy atom. The van der Waals surface area contributed by atoms with Crippen LogP contribution in [0.5, 0.6) is 0 Å². The predicted octanol–water partition coefficient (Wildman–Crippen LogP) is 3.15. The highest BCUT2D eigenvalue weighted by Gasteiger charge is 2.07. The fourth-order valence-corrected chi connectivity index (χ4v) is 2.35. The van der Waals surface area contributed by atoms with E-state index in [9.17, 15) is 0 Å². The van der Waals surface area contributed by atoms with E-state index in [1.165, 1.54) is 22.0 Å². The quantitative estimate of drug-likeness (QED) is 0.840. The summed E-state index contributed by atoms with van der Waals surface area (Å²) in [7, 11) is 0. The molecule has 1 heterocycles. The molecule has 2 rings (SSSR count). The molecule has 0 bridgehead atoms. The van der Waals surface area contributed by atoms with E-state index in [4.69, 9.17) is 5.11 Å². The average molecular weight is 231 g/mol. The fraction of sp³-hybridized carbons (Fsp3) is 0.467. The van der Waals surface area contributed by atoms with Gasteiger partial charge in [0, 0.05) is 30.3 Å². The number of aryl methyl sites for hydroxylation is 3. The highest BCUT2D eigenvalue weighted by atomic mass is 16.3. The van der Waals surface area contributed by atoms with Crippen LogP contribution in [0.25, 0.3) is 10.9 Å². The minimum atomic E-state index is 0.258. The van der Waals surface area contributed by atoms with E-state index in [-0.39, 0.29) is 6.61 Å². The van der Waals surface area contributed by atoms with Crippen LogP contribution in [0.2, 0.25) is 0 Å². The minimum absolute atomic E-state index is 0.258. The zero-order chi connectivity index (χ0) is 12.3. The molecule has 1 aromatic heterocycles. The Hall–Kier alpha value is -1.28. The number of hydrogen-bond donors (Lipinski definition) is 1. The van der Waals surface area contributed by atoms with Gasteiger partial charge < -0.3 is 9.67 Å². The highest BCUT2D eigenvalue weighted by molar-refractivity contribution is 5.84. The fourth-order valence-electron chi connectivity index (χ4n) is 2.35. The maximum Gasteiger partial charge on any atom is 0.0483 e. The van der Waals surface area contributed by atoms with Crippen molar-refractivity contribution in [2.45, 2.75) is 39.7 Å². The topological polar surface area (TPSA) is 25.2 Å². The summed E-state index contributed by atoms with van der Waals surface area (Å²) < 4.78 is 2.27. The van der Waals surface area contributed by atoms with Crippen molar-refractivity contribution in [2.24, 2.45) is 0 Å². The average Bonchev–Trinajstić information content (AvgIpc) is 2.73. The molecule has 2 heteroatoms. The minimum Gasteiger partial charge on any atom is -0.396 e. The first-order valence-electron chi connectivity index (χ1n) is 6.51. The van der Waals surface area contributed by atoms with Crippen LogP contribution in [-0.2, 0) is 19.4 Å². The van der Waals surface area contributed by atoms with Crippen molar-refractivity contribution in [3.05, 3.63) is 35.5 Å². The van der Waals surface area contributed by atoms with Gasteiger partial charge in [0.05, 0.1) is 0 Å². The number of nitrogens with zero attached hydrogens (tertiary/aromatic N) is 1. The first-order valence-corrected chi connectivity index (χ1v) is 6.51. The van der Waals surface area contributed by atoms with Crippen molar-refractivity contribution >= 4 is 10.9 Å². The summed E-state index contributed by atoms with van der Waals surface area (Å²) in [6.07, 6.45) is 5.21. The molecule has 2 aromatic rings. The second-order valence-corrected chi connectivity index (χ2v) is 4.48. The van der Waals surface area contributed by atoms with Gasteiger partial charge in [-0.15, -0.1) is 0 Å². The first kappa shape index (κ1) is 12.2. The van der Waals surface area contributed by atoms with Gasteiger partial charge in [0.2, 0.25) is 0 Å². The number of benzene rings is 1. The molecule has 0 saturated heterocycles. The van der Waals surface area contributed by atoms with Gasteiger partial charge in [-0.25, -0.2) is 0 Å². The number of hydrogen-bond acceptors (Lipinski definition) is 1. The van der Waals surface area contributed by atoms with E-state index in [1.807, 2.05) is 0 Å². The third kappa shape index (κ3) is 2.37. The number of fused-ring (bicyclic) bond motifs is 1. The van der Waals surface area contributed by atoms with Crippen molar-refractivity contribution in [1.82, 2.24) is 4.57 Å². The van der Waals surface area contributed by atoms with E-state index in [1.54, 1.807) is 0 Å². The zero-order valence-electron chi connectivity index (χ0n) is 10.7. The number of aromatic nitrogens is 1. The molecule has 92 valence electrons. The van der Waals surface area contributed by atoms with E-state index in [0.717, 1.165) is 25.8 Å². The molecule has 1 aromatic carbocycles. The molecule has 0 saturated carbocycles. The molecule has 0 fully saturated rings. The molecule has 1 N–H and O–H groups in total. The lowest BCUT2D eigenvalue weighted by Gasteiger charge is -2.04. The lowest BCUT2D eigenvalue weighted by atomic mass is 10.1. The second-order valence-electron chi connectivity index (χ2n) is 4.48. The van der Waals surface area contributed by atoms with E-state index in [2.05, 4.69) is 42.8 Å². The molecule has 0 spiro atoms. The van der Waals surface area contributed by atoms with Crippen molar-refractivity contribution in [1.29, 1.82) is 0 Å². The molecule has 0 amide bonds. The molecule has 0 aliphatic rings. The normalized spacial score (nSPS) is 11.2. The molecule has 0 atom stereocenters. The second kappa shape index (κ2) is 5.37. The number of rotatable bonds is 5. The molecule has 0 unspecified atom stereocenters. The van der Waals surface area contributed by atoms with Crippen LogP contribution in [0.1, 0.15) is 31.4 Å². The van der Waals surface area contributed by atoms with Gasteiger partial charge >= 0.3 is 0 Å². The molecule has 0 aliphatic carbocycles. The van der Waals surface area contributed by atoms with E-state index in [0.29, 0.717) is 0 Å². The van der Waals surface area contributed by atoms with Gasteiger partial charge in [0.1, 0.15) is 0 Å². The lowest BCUT2D eigenvalue weighted by molar-refractivity contribution is 0.280. The summed E-state index contributed by atoms with van der Waals surface area (Å²) >= 11 is 0. The Morgan fingerprint density at radius 3 is 2.65 bits per heavy atom. The van der Waals surface area contributed by atoms with Crippen LogP contribution in [0.4, 0.5) is 0 Å². The van der Waals surface area contributed by atoms with Crippen LogP contribution in [0.3, 0.4) is 0 Å². The molecular formula is C15H21NO. The van der Waals surface area contributed by atoms with Crippen LogP contribution < -0.4 is 0 Å². The zero-order valence-corrected chi connectivity index (χ0v) is 10.7. The molecule has 2 nitrogen and oxygen atoms in total.